The number of aliphatic imine (C=N–C) groups is 1. The van der Waals surface area contributed by atoms with E-state index in [-0.39, 0.29) is 30.0 Å². The van der Waals surface area contributed by atoms with Crippen molar-refractivity contribution < 1.29 is 4.74 Å². The Morgan fingerprint density at radius 2 is 2.09 bits per heavy atom. The second-order valence-corrected chi connectivity index (χ2v) is 5.52. The predicted octanol–water partition coefficient (Wildman–Crippen LogP) is 2.76. The molecule has 0 aliphatic carbocycles. The van der Waals surface area contributed by atoms with Gasteiger partial charge in [-0.2, -0.15) is 0 Å². The van der Waals surface area contributed by atoms with E-state index in [0.29, 0.717) is 12.6 Å². The average molecular weight is 432 g/mol. The molecular weight excluding hydrogens is 403 g/mol. The molecule has 1 heterocycles. The van der Waals surface area contributed by atoms with Crippen molar-refractivity contribution in [3.05, 3.63) is 29.8 Å². The fraction of sp³-hybridized carbons (Fsp3) is 0.588. The van der Waals surface area contributed by atoms with Gasteiger partial charge in [0.2, 0.25) is 0 Å². The quantitative estimate of drug-likeness (QED) is 0.301. The maximum atomic E-state index is 6.03. The van der Waals surface area contributed by atoms with Crippen molar-refractivity contribution >= 4 is 29.9 Å². The van der Waals surface area contributed by atoms with Crippen molar-refractivity contribution in [3.8, 4) is 5.75 Å². The van der Waals surface area contributed by atoms with Crippen LogP contribution in [0.5, 0.6) is 5.75 Å². The van der Waals surface area contributed by atoms with Gasteiger partial charge in [0.15, 0.2) is 5.96 Å². The lowest BCUT2D eigenvalue weighted by atomic mass is 10.0. The van der Waals surface area contributed by atoms with Gasteiger partial charge in [0, 0.05) is 18.5 Å². The Balaban J connectivity index is 0.00000264. The first-order valence-electron chi connectivity index (χ1n) is 8.25. The Bertz CT molecular complexity index is 491. The third kappa shape index (κ3) is 6.18. The first-order valence-corrected chi connectivity index (χ1v) is 8.25. The predicted molar refractivity (Wildman–Crippen MR) is 107 cm³/mol. The molecule has 0 spiro atoms. The van der Waals surface area contributed by atoms with Crippen molar-refractivity contribution in [1.82, 2.24) is 10.2 Å². The van der Waals surface area contributed by atoms with Gasteiger partial charge in [-0.15, -0.1) is 24.0 Å². The van der Waals surface area contributed by atoms with Crippen LogP contribution >= 0.6 is 24.0 Å². The summed E-state index contributed by atoms with van der Waals surface area (Å²) in [7, 11) is 0. The zero-order valence-corrected chi connectivity index (χ0v) is 16.5. The van der Waals surface area contributed by atoms with Crippen LogP contribution in [0.1, 0.15) is 38.3 Å². The lowest BCUT2D eigenvalue weighted by Gasteiger charge is -2.27. The normalized spacial score (nSPS) is 17.2. The molecule has 0 radical (unpaired) electrons. The van der Waals surface area contributed by atoms with E-state index >= 15 is 0 Å². The van der Waals surface area contributed by atoms with E-state index in [0.717, 1.165) is 50.3 Å². The summed E-state index contributed by atoms with van der Waals surface area (Å²) in [6.45, 7) is 9.10. The van der Waals surface area contributed by atoms with Crippen LogP contribution < -0.4 is 15.8 Å². The van der Waals surface area contributed by atoms with Gasteiger partial charge in [-0.05, 0) is 32.1 Å². The van der Waals surface area contributed by atoms with E-state index in [1.165, 1.54) is 0 Å². The summed E-state index contributed by atoms with van der Waals surface area (Å²) < 4.78 is 5.66. The van der Waals surface area contributed by atoms with Gasteiger partial charge in [0.25, 0.3) is 0 Å². The Hall–Kier alpha value is -1.02. The Morgan fingerprint density at radius 1 is 1.35 bits per heavy atom. The SMILES string of the molecule is CCN(CC)CCCN=C(N)NC1CCOc2ccccc21.I. The topological polar surface area (TPSA) is 62.9 Å². The largest absolute Gasteiger partial charge is 0.493 e. The summed E-state index contributed by atoms with van der Waals surface area (Å²) in [5.74, 6) is 1.47. The van der Waals surface area contributed by atoms with Gasteiger partial charge in [-0.25, -0.2) is 0 Å². The lowest BCUT2D eigenvalue weighted by Crippen LogP contribution is -2.37. The highest BCUT2D eigenvalue weighted by atomic mass is 127. The van der Waals surface area contributed by atoms with Crippen LogP contribution in [0.25, 0.3) is 0 Å². The maximum Gasteiger partial charge on any atom is 0.189 e. The molecule has 6 heteroatoms. The van der Waals surface area contributed by atoms with Crippen LogP contribution in [0.3, 0.4) is 0 Å². The molecule has 0 saturated heterocycles. The van der Waals surface area contributed by atoms with E-state index in [1.54, 1.807) is 0 Å². The molecule has 0 saturated carbocycles. The van der Waals surface area contributed by atoms with Crippen LogP contribution in [-0.4, -0.2) is 43.6 Å². The number of para-hydroxylation sites is 1. The summed E-state index contributed by atoms with van der Waals surface area (Å²) in [5.41, 5.74) is 7.19. The molecular formula is C17H29IN4O. The number of fused-ring (bicyclic) bond motifs is 1. The number of hydrogen-bond donors (Lipinski definition) is 2. The first-order chi connectivity index (χ1) is 10.7. The molecule has 23 heavy (non-hydrogen) atoms. The fourth-order valence-electron chi connectivity index (χ4n) is 2.75. The molecule has 5 nitrogen and oxygen atoms in total. The molecule has 1 atom stereocenters. The highest BCUT2D eigenvalue weighted by Crippen LogP contribution is 2.31. The van der Waals surface area contributed by atoms with Gasteiger partial charge in [0.1, 0.15) is 5.75 Å². The molecule has 1 aliphatic rings. The van der Waals surface area contributed by atoms with Crippen molar-refractivity contribution in [3.63, 3.8) is 0 Å². The second-order valence-electron chi connectivity index (χ2n) is 5.52. The average Bonchev–Trinajstić information content (AvgIpc) is 2.55. The molecule has 0 amide bonds. The highest BCUT2D eigenvalue weighted by Gasteiger charge is 2.21. The maximum absolute atomic E-state index is 6.03. The van der Waals surface area contributed by atoms with Crippen LogP contribution in [0, 0.1) is 0 Å². The Labute approximate surface area is 156 Å². The van der Waals surface area contributed by atoms with E-state index in [2.05, 4.69) is 35.1 Å². The number of nitrogens with one attached hydrogen (secondary N) is 1. The minimum atomic E-state index is 0. The third-order valence-electron chi connectivity index (χ3n) is 4.09. The summed E-state index contributed by atoms with van der Waals surface area (Å²) in [6, 6.07) is 8.29. The van der Waals surface area contributed by atoms with Crippen LogP contribution in [0.15, 0.2) is 29.3 Å². The summed E-state index contributed by atoms with van der Waals surface area (Å²) >= 11 is 0. The van der Waals surface area contributed by atoms with E-state index in [9.17, 15) is 0 Å². The van der Waals surface area contributed by atoms with Crippen LogP contribution in [0.4, 0.5) is 0 Å². The van der Waals surface area contributed by atoms with Crippen LogP contribution in [-0.2, 0) is 0 Å². The zero-order chi connectivity index (χ0) is 15.8. The zero-order valence-electron chi connectivity index (χ0n) is 14.1. The van der Waals surface area contributed by atoms with Gasteiger partial charge >= 0.3 is 0 Å². The number of nitrogens with two attached hydrogens (primary N) is 1. The van der Waals surface area contributed by atoms with Gasteiger partial charge < -0.3 is 20.7 Å². The molecule has 2 rings (SSSR count). The highest BCUT2D eigenvalue weighted by molar-refractivity contribution is 14.0. The number of ether oxygens (including phenoxy) is 1. The van der Waals surface area contributed by atoms with Gasteiger partial charge in [0.05, 0.1) is 12.6 Å². The molecule has 1 aliphatic heterocycles. The van der Waals surface area contributed by atoms with E-state index < -0.39 is 0 Å². The molecule has 0 bridgehead atoms. The fourth-order valence-corrected chi connectivity index (χ4v) is 2.75. The number of nitrogens with zero attached hydrogens (tertiary/aromatic N) is 2. The molecule has 0 fully saturated rings. The summed E-state index contributed by atoms with van der Waals surface area (Å²) in [5, 5.41) is 3.33. The van der Waals surface area contributed by atoms with Crippen molar-refractivity contribution in [2.75, 3.05) is 32.8 Å². The summed E-state index contributed by atoms with van der Waals surface area (Å²) in [4.78, 5) is 6.84. The van der Waals surface area contributed by atoms with Gasteiger partial charge in [-0.1, -0.05) is 32.0 Å². The number of hydrogen-bond acceptors (Lipinski definition) is 3. The molecule has 130 valence electrons. The third-order valence-corrected chi connectivity index (χ3v) is 4.09. The first kappa shape index (κ1) is 20.0. The number of benzene rings is 1. The van der Waals surface area contributed by atoms with Crippen LogP contribution in [0.2, 0.25) is 0 Å². The van der Waals surface area contributed by atoms with Crippen molar-refractivity contribution in [2.24, 2.45) is 10.7 Å². The molecule has 3 N–H and O–H groups in total. The second kappa shape index (κ2) is 10.7. The number of rotatable bonds is 7. The molecule has 0 aromatic heterocycles. The summed E-state index contributed by atoms with van der Waals surface area (Å²) in [6.07, 6.45) is 1.95. The Kier molecular flexibility index (Phi) is 9.31. The standard InChI is InChI=1S/C17H28N4O.HI/c1-3-21(4-2)12-7-11-19-17(18)20-15-10-13-22-16-9-6-5-8-14(15)16;/h5-6,8-9,15H,3-4,7,10-13H2,1-2H3,(H3,18,19,20);1H. The smallest absolute Gasteiger partial charge is 0.189 e. The minimum Gasteiger partial charge on any atom is -0.493 e. The van der Waals surface area contributed by atoms with Gasteiger partial charge in [-0.3, -0.25) is 4.99 Å². The Morgan fingerprint density at radius 3 is 2.83 bits per heavy atom. The van der Waals surface area contributed by atoms with E-state index in [1.807, 2.05) is 18.2 Å². The minimum absolute atomic E-state index is 0. The van der Waals surface area contributed by atoms with E-state index in [4.69, 9.17) is 10.5 Å². The number of halogens is 1. The van der Waals surface area contributed by atoms with Crippen molar-refractivity contribution in [2.45, 2.75) is 32.7 Å². The molecule has 1 unspecified atom stereocenters. The monoisotopic (exact) mass is 432 g/mol. The lowest BCUT2D eigenvalue weighted by molar-refractivity contribution is 0.262. The number of guanidine groups is 1. The molecule has 1 aromatic carbocycles. The molecule has 1 aromatic rings. The van der Waals surface area contributed by atoms with Crippen molar-refractivity contribution in [1.29, 1.82) is 0 Å².